The molecular formula is C24H28F3N7O. The molecule has 8 nitrogen and oxygen atoms in total. The number of nitrogens with zero attached hydrogens (tertiary/aromatic N) is 6. The van der Waals surface area contributed by atoms with Crippen LogP contribution in [-0.2, 0) is 30.4 Å². The van der Waals surface area contributed by atoms with E-state index in [1.54, 1.807) is 10.9 Å². The summed E-state index contributed by atoms with van der Waals surface area (Å²) in [5.41, 5.74) is 2.55. The molecule has 0 spiro atoms. The molecular weight excluding hydrogens is 459 g/mol. The Morgan fingerprint density at radius 3 is 2.57 bits per heavy atom. The van der Waals surface area contributed by atoms with E-state index in [9.17, 15) is 18.0 Å². The van der Waals surface area contributed by atoms with Gasteiger partial charge in [-0.3, -0.25) is 9.48 Å². The van der Waals surface area contributed by atoms with Crippen LogP contribution in [0.1, 0.15) is 60.7 Å². The molecule has 0 bridgehead atoms. The minimum Gasteiger partial charge on any atom is -0.346 e. The molecule has 1 N–H and O–H groups in total. The maximum Gasteiger partial charge on any atom is 0.433 e. The van der Waals surface area contributed by atoms with Crippen molar-refractivity contribution < 1.29 is 18.0 Å². The number of carbonyl (C=O) groups excluding carboxylic acids is 1. The number of fused-ring (bicyclic) bond motifs is 1. The number of hydrogen-bond donors (Lipinski definition) is 1. The van der Waals surface area contributed by atoms with Crippen molar-refractivity contribution in [1.82, 2.24) is 24.7 Å². The van der Waals surface area contributed by atoms with E-state index in [2.05, 4.69) is 25.4 Å². The van der Waals surface area contributed by atoms with Gasteiger partial charge in [-0.25, -0.2) is 15.0 Å². The van der Waals surface area contributed by atoms with Crippen LogP contribution in [-0.4, -0.2) is 43.7 Å². The molecule has 4 rings (SSSR count). The first kappa shape index (κ1) is 24.6. The molecule has 1 aliphatic heterocycles. The van der Waals surface area contributed by atoms with E-state index in [-0.39, 0.29) is 17.9 Å². The number of aryl methyl sites for hydroxylation is 3. The third-order valence-electron chi connectivity index (χ3n) is 6.17. The number of amides is 1. The summed E-state index contributed by atoms with van der Waals surface area (Å²) in [7, 11) is 1.84. The molecule has 0 aromatic carbocycles. The van der Waals surface area contributed by atoms with Crippen molar-refractivity contribution in [3.8, 4) is 0 Å². The third-order valence-corrected chi connectivity index (χ3v) is 6.17. The van der Waals surface area contributed by atoms with Gasteiger partial charge in [-0.1, -0.05) is 19.9 Å². The van der Waals surface area contributed by atoms with E-state index in [1.807, 2.05) is 45.8 Å². The molecule has 1 atom stereocenters. The number of hydrogen-bond acceptors (Lipinski definition) is 6. The zero-order valence-corrected chi connectivity index (χ0v) is 20.3. The quantitative estimate of drug-likeness (QED) is 0.563. The number of anilines is 2. The van der Waals surface area contributed by atoms with E-state index in [1.165, 1.54) is 6.07 Å². The first-order valence-corrected chi connectivity index (χ1v) is 11.4. The number of carbonyl (C=O) groups is 1. The van der Waals surface area contributed by atoms with Crippen molar-refractivity contribution >= 4 is 17.4 Å². The molecule has 1 aliphatic rings. The minimum atomic E-state index is -4.48. The average molecular weight is 488 g/mol. The number of alkyl halides is 3. The van der Waals surface area contributed by atoms with Crippen molar-refractivity contribution in [1.29, 1.82) is 0 Å². The van der Waals surface area contributed by atoms with Crippen LogP contribution < -0.4 is 10.2 Å². The molecule has 0 saturated heterocycles. The van der Waals surface area contributed by atoms with Crippen molar-refractivity contribution in [2.24, 2.45) is 0 Å². The van der Waals surface area contributed by atoms with Gasteiger partial charge in [0.1, 0.15) is 23.2 Å². The second kappa shape index (κ2) is 9.27. The lowest BCUT2D eigenvalue weighted by atomic mass is 10.0. The Hall–Kier alpha value is -3.50. The van der Waals surface area contributed by atoms with Gasteiger partial charge in [0.05, 0.1) is 18.4 Å². The van der Waals surface area contributed by atoms with Crippen molar-refractivity contribution in [2.45, 2.75) is 65.2 Å². The zero-order valence-electron chi connectivity index (χ0n) is 20.3. The Morgan fingerprint density at radius 1 is 1.14 bits per heavy atom. The van der Waals surface area contributed by atoms with Crippen LogP contribution in [0.4, 0.5) is 24.7 Å². The molecule has 0 fully saturated rings. The summed E-state index contributed by atoms with van der Waals surface area (Å²) in [6.07, 6.45) is 0.367. The zero-order chi connectivity index (χ0) is 25.5. The highest BCUT2D eigenvalue weighted by Gasteiger charge is 2.33. The number of likely N-dealkylation sites (N-methyl/N-ethyl adjacent to an activating group) is 1. The predicted molar refractivity (Wildman–Crippen MR) is 125 cm³/mol. The van der Waals surface area contributed by atoms with Gasteiger partial charge in [-0.15, -0.1) is 0 Å². The molecule has 0 unspecified atom stereocenters. The highest BCUT2D eigenvalue weighted by molar-refractivity contribution is 6.02. The Morgan fingerprint density at radius 2 is 1.89 bits per heavy atom. The first-order chi connectivity index (χ1) is 16.4. The summed E-state index contributed by atoms with van der Waals surface area (Å²) >= 11 is 0. The second-order valence-corrected chi connectivity index (χ2v) is 9.14. The van der Waals surface area contributed by atoms with Crippen LogP contribution in [0.25, 0.3) is 0 Å². The topological polar surface area (TPSA) is 88.8 Å². The van der Waals surface area contributed by atoms with Crippen LogP contribution in [0, 0.1) is 6.92 Å². The standard InChI is InChI=1S/C24H28F3N7O/c1-13(2)20-17(7-8-18(30-20)24(25,26)27)12-34-11-16(10-28-34)6-9-19-29-14(3)21-22(31-19)33(5)15(4)23(35)32-21/h7-8,10-11,13,15H,6,9,12H2,1-5H3,(H,32,35)/t15-/m0/s1. The van der Waals surface area contributed by atoms with Gasteiger partial charge in [0, 0.05) is 25.4 Å². The fourth-order valence-electron chi connectivity index (χ4n) is 4.06. The summed E-state index contributed by atoms with van der Waals surface area (Å²) in [5, 5.41) is 7.26. The van der Waals surface area contributed by atoms with E-state index >= 15 is 0 Å². The van der Waals surface area contributed by atoms with E-state index < -0.39 is 11.9 Å². The Labute approximate surface area is 201 Å². The summed E-state index contributed by atoms with van der Waals surface area (Å²) in [4.78, 5) is 27.0. The van der Waals surface area contributed by atoms with E-state index in [4.69, 9.17) is 0 Å². The van der Waals surface area contributed by atoms with E-state index in [0.29, 0.717) is 53.7 Å². The fraction of sp³-hybridized carbons (Fsp3) is 0.458. The number of nitrogens with one attached hydrogen (secondary N) is 1. The van der Waals surface area contributed by atoms with Gasteiger partial charge in [-0.05, 0) is 43.4 Å². The summed E-state index contributed by atoms with van der Waals surface area (Å²) in [6.45, 7) is 7.64. The van der Waals surface area contributed by atoms with E-state index in [0.717, 1.165) is 11.6 Å². The minimum absolute atomic E-state index is 0.0873. The van der Waals surface area contributed by atoms with Crippen LogP contribution in [0.15, 0.2) is 24.5 Å². The largest absolute Gasteiger partial charge is 0.433 e. The number of pyridine rings is 1. The summed E-state index contributed by atoms with van der Waals surface area (Å²) in [6, 6.07) is 2.17. The average Bonchev–Trinajstić information content (AvgIpc) is 3.23. The van der Waals surface area contributed by atoms with Gasteiger partial charge in [0.25, 0.3) is 0 Å². The Balaban J connectivity index is 1.47. The Kier molecular flexibility index (Phi) is 6.52. The highest BCUT2D eigenvalue weighted by atomic mass is 19.4. The lowest BCUT2D eigenvalue weighted by Crippen LogP contribution is -2.45. The normalized spacial score (nSPS) is 16.0. The molecule has 1 amide bonds. The molecule has 11 heteroatoms. The monoisotopic (exact) mass is 487 g/mol. The molecule has 186 valence electrons. The van der Waals surface area contributed by atoms with Crippen LogP contribution in [0.5, 0.6) is 0 Å². The number of aromatic nitrogens is 5. The lowest BCUT2D eigenvalue weighted by Gasteiger charge is -2.32. The molecule has 4 heterocycles. The summed E-state index contributed by atoms with van der Waals surface area (Å²) in [5.74, 6) is 1.12. The highest BCUT2D eigenvalue weighted by Crippen LogP contribution is 2.32. The molecule has 3 aromatic rings. The van der Waals surface area contributed by atoms with Gasteiger partial charge in [0.2, 0.25) is 5.91 Å². The lowest BCUT2D eigenvalue weighted by molar-refractivity contribution is -0.141. The molecule has 0 aliphatic carbocycles. The molecule has 0 saturated carbocycles. The van der Waals surface area contributed by atoms with Gasteiger partial charge >= 0.3 is 6.18 Å². The maximum absolute atomic E-state index is 13.1. The number of rotatable bonds is 6. The molecule has 35 heavy (non-hydrogen) atoms. The number of halogens is 3. The smallest absolute Gasteiger partial charge is 0.346 e. The van der Waals surface area contributed by atoms with Gasteiger partial charge in [0.15, 0.2) is 5.82 Å². The summed E-state index contributed by atoms with van der Waals surface area (Å²) < 4.78 is 41.0. The van der Waals surface area contributed by atoms with Crippen LogP contribution in [0.3, 0.4) is 0 Å². The second-order valence-electron chi connectivity index (χ2n) is 9.14. The van der Waals surface area contributed by atoms with Gasteiger partial charge in [-0.2, -0.15) is 18.3 Å². The van der Waals surface area contributed by atoms with Crippen LogP contribution >= 0.6 is 0 Å². The maximum atomic E-state index is 13.1. The van der Waals surface area contributed by atoms with Crippen molar-refractivity contribution in [3.05, 3.63) is 58.6 Å². The van der Waals surface area contributed by atoms with Gasteiger partial charge < -0.3 is 10.2 Å². The van der Waals surface area contributed by atoms with Crippen LogP contribution in [0.2, 0.25) is 0 Å². The van der Waals surface area contributed by atoms with Crippen molar-refractivity contribution in [3.63, 3.8) is 0 Å². The Bertz CT molecular complexity index is 1250. The van der Waals surface area contributed by atoms with Crippen molar-refractivity contribution in [2.75, 3.05) is 17.3 Å². The third kappa shape index (κ3) is 5.13. The fourth-order valence-corrected chi connectivity index (χ4v) is 4.06. The SMILES string of the molecule is Cc1nc(CCc2cnn(Cc3ccc(C(F)(F)F)nc3C(C)C)c2)nc2c1NC(=O)[C@H](C)N2C. The first-order valence-electron chi connectivity index (χ1n) is 11.4. The molecule has 3 aromatic heterocycles. The molecule has 0 radical (unpaired) electrons. The predicted octanol–water partition coefficient (Wildman–Crippen LogP) is 4.13.